The van der Waals surface area contributed by atoms with Gasteiger partial charge in [0.15, 0.2) is 11.5 Å². The van der Waals surface area contributed by atoms with Crippen molar-refractivity contribution >= 4 is 27.7 Å². The summed E-state index contributed by atoms with van der Waals surface area (Å²) in [5.74, 6) is 1.82. The summed E-state index contributed by atoms with van der Waals surface area (Å²) in [7, 11) is 4.83. The van der Waals surface area contributed by atoms with Crippen molar-refractivity contribution in [3.05, 3.63) is 84.7 Å². The molecule has 164 valence electrons. The van der Waals surface area contributed by atoms with Crippen LogP contribution in [-0.2, 0) is 0 Å². The number of fused-ring (bicyclic) bond motifs is 2. The Morgan fingerprint density at radius 2 is 1.48 bits per heavy atom. The minimum Gasteiger partial charge on any atom is -0.496 e. The lowest BCUT2D eigenvalue weighted by molar-refractivity contribution is 0.0966. The van der Waals surface area contributed by atoms with Gasteiger partial charge in [-0.15, -0.1) is 0 Å². The molecule has 0 amide bonds. The Hall–Kier alpha value is -4.32. The van der Waals surface area contributed by atoms with Crippen LogP contribution >= 0.6 is 0 Å². The number of carbonyl (C=O) groups excluding carboxylic acids is 1. The summed E-state index contributed by atoms with van der Waals surface area (Å²) < 4.78 is 17.9. The van der Waals surface area contributed by atoms with Crippen molar-refractivity contribution in [3.63, 3.8) is 0 Å². The zero-order valence-electron chi connectivity index (χ0n) is 18.5. The molecule has 3 aromatic carbocycles. The van der Waals surface area contributed by atoms with Gasteiger partial charge < -0.3 is 14.2 Å². The first-order chi connectivity index (χ1) is 16.2. The molecule has 0 fully saturated rings. The lowest BCUT2D eigenvalue weighted by Crippen LogP contribution is -2.12. The predicted molar refractivity (Wildman–Crippen MR) is 129 cm³/mol. The Kier molecular flexibility index (Phi) is 5.18. The number of pyridine rings is 1. The molecular formula is C27H22N2O4. The topological polar surface area (TPSA) is 62.6 Å². The minimum absolute atomic E-state index is 0.163. The van der Waals surface area contributed by atoms with Crippen LogP contribution in [0.3, 0.4) is 0 Å². The van der Waals surface area contributed by atoms with Crippen molar-refractivity contribution in [2.75, 3.05) is 21.3 Å². The van der Waals surface area contributed by atoms with Crippen LogP contribution in [0.4, 0.5) is 0 Å². The molecule has 33 heavy (non-hydrogen) atoms. The van der Waals surface area contributed by atoms with E-state index in [1.54, 1.807) is 32.1 Å². The van der Waals surface area contributed by atoms with E-state index in [2.05, 4.69) is 4.98 Å². The first-order valence-electron chi connectivity index (χ1n) is 10.4. The number of aromatic nitrogens is 2. The van der Waals surface area contributed by atoms with Crippen LogP contribution in [-0.4, -0.2) is 36.8 Å². The summed E-state index contributed by atoms with van der Waals surface area (Å²) in [5.41, 5.74) is 2.95. The van der Waals surface area contributed by atoms with E-state index in [9.17, 15) is 4.79 Å². The second-order valence-corrected chi connectivity index (χ2v) is 7.52. The highest BCUT2D eigenvalue weighted by molar-refractivity contribution is 6.12. The van der Waals surface area contributed by atoms with Gasteiger partial charge in [0.1, 0.15) is 11.4 Å². The van der Waals surface area contributed by atoms with Crippen molar-refractivity contribution in [2.24, 2.45) is 0 Å². The number of rotatable bonds is 5. The maximum atomic E-state index is 13.8. The van der Waals surface area contributed by atoms with Crippen molar-refractivity contribution < 1.29 is 19.0 Å². The number of methoxy groups -OCH3 is 3. The van der Waals surface area contributed by atoms with Crippen LogP contribution in [0.1, 0.15) is 10.4 Å². The van der Waals surface area contributed by atoms with Gasteiger partial charge in [-0.05, 0) is 47.3 Å². The molecule has 0 radical (unpaired) electrons. The van der Waals surface area contributed by atoms with Gasteiger partial charge in [0.25, 0.3) is 5.91 Å². The normalized spacial score (nSPS) is 11.0. The van der Waals surface area contributed by atoms with E-state index in [4.69, 9.17) is 14.2 Å². The van der Waals surface area contributed by atoms with Gasteiger partial charge in [0.05, 0.1) is 21.3 Å². The Labute approximate surface area is 191 Å². The summed E-state index contributed by atoms with van der Waals surface area (Å²) in [6.45, 7) is 0. The molecule has 0 aliphatic carbocycles. The standard InChI is InChI=1S/C27H22N2O4/c1-31-23-11-5-7-18-19(23)8-4-9-21(18)27(30)29-16-22(20-10-6-14-28-26(20)29)17-12-13-24(32-2)25(15-17)33-3/h4-16H,1-3H3. The molecule has 0 spiro atoms. The van der Waals surface area contributed by atoms with Crippen LogP contribution in [0.25, 0.3) is 32.9 Å². The number of hydrogen-bond acceptors (Lipinski definition) is 5. The van der Waals surface area contributed by atoms with Crippen LogP contribution in [0.5, 0.6) is 17.2 Å². The van der Waals surface area contributed by atoms with Crippen molar-refractivity contribution in [3.8, 4) is 28.4 Å². The fourth-order valence-electron chi connectivity index (χ4n) is 4.22. The molecular weight excluding hydrogens is 416 g/mol. The SMILES string of the molecule is COc1ccc(-c2cn(C(=O)c3cccc4c(OC)cccc34)c3ncccc23)cc1OC. The van der Waals surface area contributed by atoms with Gasteiger partial charge in [-0.1, -0.05) is 30.3 Å². The van der Waals surface area contributed by atoms with E-state index >= 15 is 0 Å². The minimum atomic E-state index is -0.163. The zero-order chi connectivity index (χ0) is 22.9. The fraction of sp³-hybridized carbons (Fsp3) is 0.111. The molecule has 0 unspecified atom stereocenters. The van der Waals surface area contributed by atoms with Gasteiger partial charge >= 0.3 is 0 Å². The maximum absolute atomic E-state index is 13.8. The second kappa shape index (κ2) is 8.31. The molecule has 0 aliphatic rings. The number of nitrogens with zero attached hydrogens (tertiary/aromatic N) is 2. The van der Waals surface area contributed by atoms with Crippen LogP contribution in [0.2, 0.25) is 0 Å². The molecule has 0 saturated carbocycles. The van der Waals surface area contributed by atoms with Gasteiger partial charge in [-0.3, -0.25) is 9.36 Å². The van der Waals surface area contributed by atoms with Gasteiger partial charge in [0, 0.05) is 34.3 Å². The van der Waals surface area contributed by atoms with E-state index in [1.807, 2.05) is 72.9 Å². The van der Waals surface area contributed by atoms with E-state index in [1.165, 1.54) is 0 Å². The molecule has 6 nitrogen and oxygen atoms in total. The van der Waals surface area contributed by atoms with Gasteiger partial charge in [0.2, 0.25) is 0 Å². The molecule has 0 bridgehead atoms. The predicted octanol–water partition coefficient (Wildman–Crippen LogP) is 5.57. The number of ether oxygens (including phenoxy) is 3. The summed E-state index contributed by atoms with van der Waals surface area (Å²) in [4.78, 5) is 18.3. The highest BCUT2D eigenvalue weighted by atomic mass is 16.5. The molecule has 0 N–H and O–H groups in total. The third-order valence-corrected chi connectivity index (χ3v) is 5.81. The molecule has 0 saturated heterocycles. The molecule has 5 aromatic rings. The third kappa shape index (κ3) is 3.36. The Morgan fingerprint density at radius 1 is 0.758 bits per heavy atom. The smallest absolute Gasteiger partial charge is 0.264 e. The maximum Gasteiger partial charge on any atom is 0.264 e. The summed E-state index contributed by atoms with van der Waals surface area (Å²) >= 11 is 0. The highest BCUT2D eigenvalue weighted by Crippen LogP contribution is 2.36. The first kappa shape index (κ1) is 20.6. The summed E-state index contributed by atoms with van der Waals surface area (Å²) in [6.07, 6.45) is 3.52. The first-order valence-corrected chi connectivity index (χ1v) is 10.4. The van der Waals surface area contributed by atoms with Gasteiger partial charge in [-0.2, -0.15) is 0 Å². The van der Waals surface area contributed by atoms with E-state index < -0.39 is 0 Å². The van der Waals surface area contributed by atoms with Crippen LogP contribution in [0, 0.1) is 0 Å². The quantitative estimate of drug-likeness (QED) is 0.359. The molecule has 0 aliphatic heterocycles. The number of carbonyl (C=O) groups is 1. The molecule has 2 heterocycles. The van der Waals surface area contributed by atoms with E-state index in [-0.39, 0.29) is 5.91 Å². The number of hydrogen-bond donors (Lipinski definition) is 0. The molecule has 5 rings (SSSR count). The Balaban J connectivity index is 1.70. The van der Waals surface area contributed by atoms with Crippen molar-refractivity contribution in [1.82, 2.24) is 9.55 Å². The largest absolute Gasteiger partial charge is 0.496 e. The summed E-state index contributed by atoms with van der Waals surface area (Å²) in [6, 6.07) is 20.9. The third-order valence-electron chi connectivity index (χ3n) is 5.81. The fourth-order valence-corrected chi connectivity index (χ4v) is 4.22. The average Bonchev–Trinajstić information content (AvgIpc) is 3.26. The highest BCUT2D eigenvalue weighted by Gasteiger charge is 2.20. The van der Waals surface area contributed by atoms with Gasteiger partial charge in [-0.25, -0.2) is 4.98 Å². The van der Waals surface area contributed by atoms with E-state index in [0.717, 1.165) is 33.0 Å². The zero-order valence-corrected chi connectivity index (χ0v) is 18.5. The van der Waals surface area contributed by atoms with E-state index in [0.29, 0.717) is 22.7 Å². The molecule has 6 heteroatoms. The monoisotopic (exact) mass is 438 g/mol. The second-order valence-electron chi connectivity index (χ2n) is 7.52. The molecule has 0 atom stereocenters. The van der Waals surface area contributed by atoms with Crippen molar-refractivity contribution in [1.29, 1.82) is 0 Å². The van der Waals surface area contributed by atoms with Crippen LogP contribution < -0.4 is 14.2 Å². The van der Waals surface area contributed by atoms with Crippen molar-refractivity contribution in [2.45, 2.75) is 0 Å². The Morgan fingerprint density at radius 3 is 2.27 bits per heavy atom. The molecule has 2 aromatic heterocycles. The summed E-state index contributed by atoms with van der Waals surface area (Å²) in [5, 5.41) is 2.58. The Bertz CT molecular complexity index is 1500. The lowest BCUT2D eigenvalue weighted by Gasteiger charge is -2.10. The average molecular weight is 438 g/mol. The lowest BCUT2D eigenvalue weighted by atomic mass is 10.0. The number of benzene rings is 3. The van der Waals surface area contributed by atoms with Crippen LogP contribution in [0.15, 0.2) is 79.1 Å².